The third-order valence-electron chi connectivity index (χ3n) is 3.40. The minimum atomic E-state index is -0.171. The van der Waals surface area contributed by atoms with Gasteiger partial charge < -0.3 is 20.3 Å². The fraction of sp³-hybridized carbons (Fsp3) is 0.467. The number of hydrogen-bond donors (Lipinski definition) is 2. The van der Waals surface area contributed by atoms with Crippen LogP contribution in [0.15, 0.2) is 24.3 Å². The molecule has 1 aliphatic rings. The highest BCUT2D eigenvalue weighted by Crippen LogP contribution is 2.18. The molecule has 2 amide bonds. The predicted octanol–water partition coefficient (Wildman–Crippen LogP) is 0.525. The van der Waals surface area contributed by atoms with E-state index in [0.717, 1.165) is 13.1 Å². The smallest absolute Gasteiger partial charge is 0.259 e. The van der Waals surface area contributed by atoms with Crippen molar-refractivity contribution in [2.24, 2.45) is 5.92 Å². The highest BCUT2D eigenvalue weighted by molar-refractivity contribution is 5.97. The van der Waals surface area contributed by atoms with Crippen molar-refractivity contribution in [3.63, 3.8) is 0 Å². The van der Waals surface area contributed by atoms with Gasteiger partial charge in [-0.15, -0.1) is 12.4 Å². The van der Waals surface area contributed by atoms with E-state index in [2.05, 4.69) is 10.6 Å². The first-order chi connectivity index (χ1) is 10.1. The molecule has 122 valence electrons. The Hall–Kier alpha value is -1.79. The van der Waals surface area contributed by atoms with E-state index in [0.29, 0.717) is 23.8 Å². The van der Waals surface area contributed by atoms with Gasteiger partial charge in [-0.1, -0.05) is 12.1 Å². The lowest BCUT2D eigenvalue weighted by molar-refractivity contribution is -0.130. The van der Waals surface area contributed by atoms with Crippen LogP contribution >= 0.6 is 12.4 Å². The van der Waals surface area contributed by atoms with Crippen LogP contribution in [0.2, 0.25) is 0 Å². The first kappa shape index (κ1) is 18.3. The van der Waals surface area contributed by atoms with Crippen molar-refractivity contribution in [3.8, 4) is 5.75 Å². The lowest BCUT2D eigenvalue weighted by Crippen LogP contribution is -2.48. The SMILES string of the molecule is CN(C)C(=O)COc1ccccc1C(=O)NCC1CNC1.Cl. The Morgan fingerprint density at radius 1 is 1.32 bits per heavy atom. The molecule has 1 fully saturated rings. The molecule has 0 unspecified atom stereocenters. The third-order valence-corrected chi connectivity index (χ3v) is 3.40. The molecule has 1 aromatic rings. The van der Waals surface area contributed by atoms with Crippen LogP contribution in [0.4, 0.5) is 0 Å². The second-order valence-corrected chi connectivity index (χ2v) is 5.31. The predicted molar refractivity (Wildman–Crippen MR) is 86.6 cm³/mol. The summed E-state index contributed by atoms with van der Waals surface area (Å²) in [6, 6.07) is 6.95. The van der Waals surface area contributed by atoms with Crippen LogP contribution in [0.5, 0.6) is 5.75 Å². The van der Waals surface area contributed by atoms with Crippen molar-refractivity contribution in [3.05, 3.63) is 29.8 Å². The standard InChI is InChI=1S/C15H21N3O3.ClH/c1-18(2)14(19)10-21-13-6-4-3-5-12(13)15(20)17-9-11-7-16-8-11;/h3-6,11,16H,7-10H2,1-2H3,(H,17,20);1H. The number of nitrogens with one attached hydrogen (secondary N) is 2. The molecule has 7 heteroatoms. The van der Waals surface area contributed by atoms with Gasteiger partial charge in [0.05, 0.1) is 5.56 Å². The van der Waals surface area contributed by atoms with E-state index in [-0.39, 0.29) is 30.8 Å². The number of amides is 2. The number of hydrogen-bond acceptors (Lipinski definition) is 4. The Morgan fingerprint density at radius 2 is 2.00 bits per heavy atom. The van der Waals surface area contributed by atoms with Crippen LogP contribution in [0.3, 0.4) is 0 Å². The van der Waals surface area contributed by atoms with Crippen LogP contribution in [0.1, 0.15) is 10.4 Å². The molecule has 2 N–H and O–H groups in total. The summed E-state index contributed by atoms with van der Waals surface area (Å²) in [6.07, 6.45) is 0. The summed E-state index contributed by atoms with van der Waals surface area (Å²) in [4.78, 5) is 25.2. The zero-order valence-electron chi connectivity index (χ0n) is 12.8. The van der Waals surface area contributed by atoms with E-state index in [1.165, 1.54) is 4.90 Å². The second kappa shape index (κ2) is 8.60. The molecule has 0 saturated carbocycles. The maximum atomic E-state index is 12.2. The first-order valence-corrected chi connectivity index (χ1v) is 6.99. The normalized spacial score (nSPS) is 13.5. The maximum absolute atomic E-state index is 12.2. The number of nitrogens with zero attached hydrogens (tertiary/aromatic N) is 1. The number of rotatable bonds is 6. The van der Waals surface area contributed by atoms with E-state index in [1.54, 1.807) is 38.4 Å². The van der Waals surface area contributed by atoms with Gasteiger partial charge in [-0.2, -0.15) is 0 Å². The van der Waals surface area contributed by atoms with E-state index in [9.17, 15) is 9.59 Å². The Kier molecular flexibility index (Phi) is 7.14. The quantitative estimate of drug-likeness (QED) is 0.799. The lowest BCUT2D eigenvalue weighted by Gasteiger charge is -2.27. The summed E-state index contributed by atoms with van der Waals surface area (Å²) in [7, 11) is 3.33. The monoisotopic (exact) mass is 327 g/mol. The van der Waals surface area contributed by atoms with Gasteiger partial charge in [-0.05, 0) is 12.1 Å². The van der Waals surface area contributed by atoms with E-state index in [1.807, 2.05) is 0 Å². The van der Waals surface area contributed by atoms with Crippen LogP contribution in [-0.4, -0.2) is 57.1 Å². The van der Waals surface area contributed by atoms with Crippen LogP contribution < -0.4 is 15.4 Å². The van der Waals surface area contributed by atoms with Gasteiger partial charge >= 0.3 is 0 Å². The van der Waals surface area contributed by atoms with Gasteiger partial charge in [0.1, 0.15) is 5.75 Å². The molecule has 1 saturated heterocycles. The van der Waals surface area contributed by atoms with Gasteiger partial charge in [-0.3, -0.25) is 9.59 Å². The zero-order chi connectivity index (χ0) is 15.2. The largest absolute Gasteiger partial charge is 0.483 e. The molecule has 1 aliphatic heterocycles. The number of benzene rings is 1. The van der Waals surface area contributed by atoms with Crippen molar-refractivity contribution in [1.29, 1.82) is 0 Å². The molecule has 6 nitrogen and oxygen atoms in total. The van der Waals surface area contributed by atoms with Gasteiger partial charge in [0.25, 0.3) is 11.8 Å². The van der Waals surface area contributed by atoms with Gasteiger partial charge in [-0.25, -0.2) is 0 Å². The molecule has 0 radical (unpaired) electrons. The molecule has 0 bridgehead atoms. The topological polar surface area (TPSA) is 70.7 Å². The Morgan fingerprint density at radius 3 is 2.59 bits per heavy atom. The molecule has 0 atom stereocenters. The first-order valence-electron chi connectivity index (χ1n) is 6.99. The number of carbonyl (C=O) groups is 2. The van der Waals surface area contributed by atoms with E-state index >= 15 is 0 Å². The number of carbonyl (C=O) groups excluding carboxylic acids is 2. The van der Waals surface area contributed by atoms with Crippen molar-refractivity contribution in [1.82, 2.24) is 15.5 Å². The van der Waals surface area contributed by atoms with Gasteiger partial charge in [0, 0.05) is 39.6 Å². The molecule has 0 spiro atoms. The van der Waals surface area contributed by atoms with Gasteiger partial charge in [0.2, 0.25) is 0 Å². The highest BCUT2D eigenvalue weighted by Gasteiger charge is 2.19. The third kappa shape index (κ3) is 4.89. The molecule has 1 aromatic carbocycles. The van der Waals surface area contributed by atoms with Gasteiger partial charge in [0.15, 0.2) is 6.61 Å². The molecule has 0 aromatic heterocycles. The summed E-state index contributed by atoms with van der Waals surface area (Å²) in [5.41, 5.74) is 0.455. The Bertz CT molecular complexity index is 519. The van der Waals surface area contributed by atoms with Crippen molar-refractivity contribution in [2.75, 3.05) is 40.3 Å². The molecule has 0 aliphatic carbocycles. The number of ether oxygens (including phenoxy) is 1. The minimum Gasteiger partial charge on any atom is -0.483 e. The Balaban J connectivity index is 0.00000242. The molecule has 1 heterocycles. The average Bonchev–Trinajstić information content (AvgIpc) is 2.43. The number of likely N-dealkylation sites (N-methyl/N-ethyl adjacent to an activating group) is 1. The van der Waals surface area contributed by atoms with Crippen LogP contribution in [-0.2, 0) is 4.79 Å². The molecule has 2 rings (SSSR count). The number of para-hydroxylation sites is 1. The Labute approximate surface area is 136 Å². The fourth-order valence-electron chi connectivity index (χ4n) is 1.87. The maximum Gasteiger partial charge on any atom is 0.259 e. The van der Waals surface area contributed by atoms with Crippen LogP contribution in [0.25, 0.3) is 0 Å². The summed E-state index contributed by atoms with van der Waals surface area (Å²) in [6.45, 7) is 2.45. The van der Waals surface area contributed by atoms with E-state index < -0.39 is 0 Å². The zero-order valence-corrected chi connectivity index (χ0v) is 13.6. The molecular formula is C15H22ClN3O3. The summed E-state index contributed by atoms with van der Waals surface area (Å²) >= 11 is 0. The fourth-order valence-corrected chi connectivity index (χ4v) is 1.87. The van der Waals surface area contributed by atoms with Crippen LogP contribution in [0, 0.1) is 5.92 Å². The molecule has 22 heavy (non-hydrogen) atoms. The van der Waals surface area contributed by atoms with Crippen molar-refractivity contribution >= 4 is 24.2 Å². The minimum absolute atomic E-state index is 0. The number of halogens is 1. The summed E-state index contributed by atoms with van der Waals surface area (Å²) < 4.78 is 5.46. The molecular weight excluding hydrogens is 306 g/mol. The highest BCUT2D eigenvalue weighted by atomic mass is 35.5. The van der Waals surface area contributed by atoms with E-state index in [4.69, 9.17) is 4.74 Å². The second-order valence-electron chi connectivity index (χ2n) is 5.31. The lowest BCUT2D eigenvalue weighted by atomic mass is 10.0. The summed E-state index contributed by atoms with van der Waals surface area (Å²) in [5, 5.41) is 6.06. The van der Waals surface area contributed by atoms with Crippen molar-refractivity contribution in [2.45, 2.75) is 0 Å². The summed E-state index contributed by atoms with van der Waals surface area (Å²) in [5.74, 6) is 0.606. The van der Waals surface area contributed by atoms with Crippen molar-refractivity contribution < 1.29 is 14.3 Å². The average molecular weight is 328 g/mol.